The molecule has 0 spiro atoms. The third kappa shape index (κ3) is 2.74. The summed E-state index contributed by atoms with van der Waals surface area (Å²) in [6.45, 7) is 1.98. The molecule has 4 rings (SSSR count). The first-order valence-electron chi connectivity index (χ1n) is 8.33. The van der Waals surface area contributed by atoms with Gasteiger partial charge in [-0.15, -0.1) is 0 Å². The standard InChI is InChI=1S/C22H18N2O/c1-16-21(17-10-4-2-5-11-17)24(20-15-9-8-14-19(20)23-16)22(25)18-12-6-3-7-13-18/h2-15,21H,1H3. The van der Waals surface area contributed by atoms with E-state index in [1.54, 1.807) is 0 Å². The zero-order valence-electron chi connectivity index (χ0n) is 14.0. The molecule has 0 saturated carbocycles. The first-order valence-corrected chi connectivity index (χ1v) is 8.33. The predicted molar refractivity (Wildman–Crippen MR) is 102 cm³/mol. The van der Waals surface area contributed by atoms with E-state index in [9.17, 15) is 4.79 Å². The molecule has 0 bridgehead atoms. The number of aliphatic imine (C=N–C) groups is 1. The summed E-state index contributed by atoms with van der Waals surface area (Å²) in [5.74, 6) is -0.0175. The molecule has 1 atom stereocenters. The lowest BCUT2D eigenvalue weighted by molar-refractivity contribution is 0.0982. The van der Waals surface area contributed by atoms with Gasteiger partial charge < -0.3 is 0 Å². The number of carbonyl (C=O) groups excluding carboxylic acids is 1. The van der Waals surface area contributed by atoms with E-state index in [-0.39, 0.29) is 11.9 Å². The summed E-state index contributed by atoms with van der Waals surface area (Å²) in [7, 11) is 0. The molecule has 3 heteroatoms. The average Bonchev–Trinajstić information content (AvgIpc) is 2.67. The van der Waals surface area contributed by atoms with Crippen LogP contribution in [0.2, 0.25) is 0 Å². The predicted octanol–water partition coefficient (Wildman–Crippen LogP) is 5.18. The number of para-hydroxylation sites is 2. The normalized spacial score (nSPS) is 16.1. The minimum absolute atomic E-state index is 0.0175. The third-order valence-electron chi connectivity index (χ3n) is 4.45. The molecule has 0 N–H and O–H groups in total. The Morgan fingerprint density at radius 3 is 2.16 bits per heavy atom. The SMILES string of the molecule is CC1=Nc2ccccc2N(C(=O)c2ccccc2)C1c1ccccc1. The average molecular weight is 326 g/mol. The lowest BCUT2D eigenvalue weighted by atomic mass is 9.96. The highest BCUT2D eigenvalue weighted by atomic mass is 16.2. The largest absolute Gasteiger partial charge is 0.293 e. The van der Waals surface area contributed by atoms with Crippen LogP contribution < -0.4 is 4.90 Å². The topological polar surface area (TPSA) is 32.7 Å². The fourth-order valence-electron chi connectivity index (χ4n) is 3.31. The number of benzene rings is 3. The van der Waals surface area contributed by atoms with Crippen molar-refractivity contribution in [3.8, 4) is 0 Å². The lowest BCUT2D eigenvalue weighted by Gasteiger charge is -2.36. The molecule has 3 nitrogen and oxygen atoms in total. The monoisotopic (exact) mass is 326 g/mol. The van der Waals surface area contributed by atoms with E-state index in [1.165, 1.54) is 0 Å². The molecule has 0 saturated heterocycles. The van der Waals surface area contributed by atoms with Crippen molar-refractivity contribution in [1.29, 1.82) is 0 Å². The minimum Gasteiger partial charge on any atom is -0.293 e. The summed E-state index contributed by atoms with van der Waals surface area (Å²) in [4.78, 5) is 20.0. The van der Waals surface area contributed by atoms with Gasteiger partial charge in [-0.3, -0.25) is 14.7 Å². The van der Waals surface area contributed by atoms with E-state index < -0.39 is 0 Å². The van der Waals surface area contributed by atoms with Gasteiger partial charge in [-0.25, -0.2) is 0 Å². The van der Waals surface area contributed by atoms with Gasteiger partial charge in [0.1, 0.15) is 6.04 Å². The van der Waals surface area contributed by atoms with Gasteiger partial charge in [0, 0.05) is 11.3 Å². The van der Waals surface area contributed by atoms with Crippen LogP contribution >= 0.6 is 0 Å². The van der Waals surface area contributed by atoms with Gasteiger partial charge >= 0.3 is 0 Å². The highest BCUT2D eigenvalue weighted by Gasteiger charge is 2.34. The number of fused-ring (bicyclic) bond motifs is 1. The molecule has 0 aliphatic carbocycles. The van der Waals surface area contributed by atoms with Crippen molar-refractivity contribution in [2.24, 2.45) is 4.99 Å². The molecular formula is C22H18N2O. The van der Waals surface area contributed by atoms with Gasteiger partial charge in [-0.05, 0) is 36.8 Å². The molecule has 3 aromatic carbocycles. The van der Waals surface area contributed by atoms with Crippen LogP contribution in [0.4, 0.5) is 11.4 Å². The maximum absolute atomic E-state index is 13.4. The molecular weight excluding hydrogens is 308 g/mol. The summed E-state index contributed by atoms with van der Waals surface area (Å²) in [6.07, 6.45) is 0. The first-order chi connectivity index (χ1) is 12.3. The van der Waals surface area contributed by atoms with Crippen LogP contribution in [0.1, 0.15) is 28.9 Å². The number of hydrogen-bond donors (Lipinski definition) is 0. The van der Waals surface area contributed by atoms with E-state index in [2.05, 4.69) is 0 Å². The fraction of sp³-hybridized carbons (Fsp3) is 0.0909. The van der Waals surface area contributed by atoms with Gasteiger partial charge in [0.05, 0.1) is 11.4 Å². The van der Waals surface area contributed by atoms with Crippen molar-refractivity contribution in [1.82, 2.24) is 0 Å². The molecule has 1 amide bonds. The fourth-order valence-corrected chi connectivity index (χ4v) is 3.31. The van der Waals surface area contributed by atoms with Gasteiger partial charge in [0.2, 0.25) is 0 Å². The van der Waals surface area contributed by atoms with Gasteiger partial charge in [0.15, 0.2) is 0 Å². The smallest absolute Gasteiger partial charge is 0.259 e. The minimum atomic E-state index is -0.205. The Morgan fingerprint density at radius 1 is 0.840 bits per heavy atom. The van der Waals surface area contributed by atoms with Crippen molar-refractivity contribution in [2.75, 3.05) is 4.90 Å². The number of amides is 1. The summed E-state index contributed by atoms with van der Waals surface area (Å²) in [6, 6.07) is 27.1. The number of carbonyl (C=O) groups is 1. The second-order valence-corrected chi connectivity index (χ2v) is 6.10. The number of hydrogen-bond acceptors (Lipinski definition) is 2. The quantitative estimate of drug-likeness (QED) is 0.638. The van der Waals surface area contributed by atoms with Crippen LogP contribution in [0.25, 0.3) is 0 Å². The Bertz CT molecular complexity index is 933. The summed E-state index contributed by atoms with van der Waals surface area (Å²) >= 11 is 0. The van der Waals surface area contributed by atoms with Crippen molar-refractivity contribution in [2.45, 2.75) is 13.0 Å². The van der Waals surface area contributed by atoms with Crippen LogP contribution in [0, 0.1) is 0 Å². The third-order valence-corrected chi connectivity index (χ3v) is 4.45. The Labute approximate surface area is 147 Å². The molecule has 25 heavy (non-hydrogen) atoms. The molecule has 3 aromatic rings. The van der Waals surface area contributed by atoms with E-state index in [0.29, 0.717) is 5.56 Å². The zero-order chi connectivity index (χ0) is 17.2. The zero-order valence-corrected chi connectivity index (χ0v) is 14.0. The number of anilines is 1. The van der Waals surface area contributed by atoms with Gasteiger partial charge in [-0.1, -0.05) is 60.7 Å². The second-order valence-electron chi connectivity index (χ2n) is 6.10. The summed E-state index contributed by atoms with van der Waals surface area (Å²) in [5.41, 5.74) is 4.32. The van der Waals surface area contributed by atoms with Crippen molar-refractivity contribution in [3.05, 3.63) is 96.1 Å². The Morgan fingerprint density at radius 2 is 1.44 bits per heavy atom. The van der Waals surface area contributed by atoms with Gasteiger partial charge in [0.25, 0.3) is 5.91 Å². The molecule has 0 radical (unpaired) electrons. The van der Waals surface area contributed by atoms with E-state index in [1.807, 2.05) is 96.8 Å². The van der Waals surface area contributed by atoms with Crippen LogP contribution in [0.3, 0.4) is 0 Å². The van der Waals surface area contributed by atoms with Crippen LogP contribution in [-0.2, 0) is 0 Å². The summed E-state index contributed by atoms with van der Waals surface area (Å²) in [5, 5.41) is 0. The summed E-state index contributed by atoms with van der Waals surface area (Å²) < 4.78 is 0. The van der Waals surface area contributed by atoms with Gasteiger partial charge in [-0.2, -0.15) is 0 Å². The van der Waals surface area contributed by atoms with E-state index >= 15 is 0 Å². The van der Waals surface area contributed by atoms with E-state index in [0.717, 1.165) is 22.6 Å². The Hall–Kier alpha value is -3.20. The van der Waals surface area contributed by atoms with Crippen LogP contribution in [-0.4, -0.2) is 11.6 Å². The molecule has 122 valence electrons. The molecule has 0 aromatic heterocycles. The highest BCUT2D eigenvalue weighted by Crippen LogP contribution is 2.41. The first kappa shape index (κ1) is 15.3. The Balaban J connectivity index is 1.89. The molecule has 1 aliphatic rings. The molecule has 0 fully saturated rings. The number of rotatable bonds is 2. The maximum Gasteiger partial charge on any atom is 0.259 e. The van der Waals surface area contributed by atoms with Crippen LogP contribution in [0.15, 0.2) is 89.9 Å². The van der Waals surface area contributed by atoms with Crippen molar-refractivity contribution in [3.63, 3.8) is 0 Å². The maximum atomic E-state index is 13.4. The van der Waals surface area contributed by atoms with Crippen molar-refractivity contribution < 1.29 is 4.79 Å². The molecule has 1 aliphatic heterocycles. The Kier molecular flexibility index (Phi) is 3.90. The molecule has 1 unspecified atom stereocenters. The number of nitrogens with zero attached hydrogens (tertiary/aromatic N) is 2. The van der Waals surface area contributed by atoms with Crippen molar-refractivity contribution >= 4 is 23.0 Å². The molecule has 1 heterocycles. The second kappa shape index (κ2) is 6.36. The lowest BCUT2D eigenvalue weighted by Crippen LogP contribution is -2.40. The van der Waals surface area contributed by atoms with E-state index in [4.69, 9.17) is 4.99 Å². The van der Waals surface area contributed by atoms with Crippen LogP contribution in [0.5, 0.6) is 0 Å². The highest BCUT2D eigenvalue weighted by molar-refractivity contribution is 6.14.